The van der Waals surface area contributed by atoms with Crippen molar-refractivity contribution in [2.24, 2.45) is 5.73 Å². The van der Waals surface area contributed by atoms with Crippen molar-refractivity contribution in [3.8, 4) is 0 Å². The zero-order chi connectivity index (χ0) is 9.54. The van der Waals surface area contributed by atoms with Gasteiger partial charge in [-0.3, -0.25) is 0 Å². The molecule has 2 aliphatic rings. The lowest BCUT2D eigenvalue weighted by Crippen LogP contribution is -2.15. The molecule has 2 saturated carbocycles. The molecule has 2 fully saturated rings. The molecule has 2 aliphatic carbocycles. The van der Waals surface area contributed by atoms with Crippen LogP contribution in [0.4, 0.5) is 0 Å². The molecule has 76 valence electrons. The third kappa shape index (κ3) is 1.34. The van der Waals surface area contributed by atoms with E-state index >= 15 is 0 Å². The van der Waals surface area contributed by atoms with Crippen molar-refractivity contribution < 1.29 is 0 Å². The molecule has 4 heteroatoms. The fraction of sp³-hybridized carbons (Fsp3) is 0.800. The van der Waals surface area contributed by atoms with Crippen LogP contribution in [-0.2, 0) is 0 Å². The molecule has 1 aromatic rings. The molecule has 1 aromatic heterocycles. The lowest BCUT2D eigenvalue weighted by molar-refractivity contribution is 0.582. The maximum atomic E-state index is 5.92. The summed E-state index contributed by atoms with van der Waals surface area (Å²) in [5, 5.41) is 8.28. The zero-order valence-electron chi connectivity index (χ0n) is 8.26. The number of hydrogen-bond acceptors (Lipinski definition) is 3. The lowest BCUT2D eigenvalue weighted by Gasteiger charge is -2.10. The van der Waals surface area contributed by atoms with Crippen LogP contribution in [0.5, 0.6) is 0 Å². The minimum Gasteiger partial charge on any atom is -0.328 e. The van der Waals surface area contributed by atoms with Gasteiger partial charge in [-0.1, -0.05) is 0 Å². The van der Waals surface area contributed by atoms with Crippen molar-refractivity contribution in [3.05, 3.63) is 12.2 Å². The summed E-state index contributed by atoms with van der Waals surface area (Å²) in [6.45, 7) is 0. The quantitative estimate of drug-likeness (QED) is 0.766. The van der Waals surface area contributed by atoms with E-state index in [0.717, 1.165) is 12.8 Å². The Balaban J connectivity index is 1.84. The minimum absolute atomic E-state index is 0.379. The van der Waals surface area contributed by atoms with Crippen LogP contribution in [0.1, 0.15) is 49.9 Å². The van der Waals surface area contributed by atoms with Crippen LogP contribution < -0.4 is 5.73 Å². The third-order valence-corrected chi connectivity index (χ3v) is 3.38. The first-order chi connectivity index (χ1) is 6.84. The molecule has 0 saturated heterocycles. The molecule has 2 N–H and O–H groups in total. The van der Waals surface area contributed by atoms with E-state index in [-0.39, 0.29) is 0 Å². The average molecular weight is 192 g/mol. The van der Waals surface area contributed by atoms with E-state index in [1.165, 1.54) is 25.1 Å². The predicted molar refractivity (Wildman–Crippen MR) is 52.9 cm³/mol. The molecule has 14 heavy (non-hydrogen) atoms. The number of nitrogens with two attached hydrogens (primary N) is 1. The topological polar surface area (TPSA) is 56.7 Å². The molecule has 0 bridgehead atoms. The van der Waals surface area contributed by atoms with E-state index in [9.17, 15) is 0 Å². The summed E-state index contributed by atoms with van der Waals surface area (Å²) < 4.78 is 2.27. The van der Waals surface area contributed by atoms with Crippen molar-refractivity contribution in [1.29, 1.82) is 0 Å². The Morgan fingerprint density at radius 3 is 2.79 bits per heavy atom. The van der Waals surface area contributed by atoms with Gasteiger partial charge in [0.25, 0.3) is 0 Å². The lowest BCUT2D eigenvalue weighted by atomic mass is 10.1. The van der Waals surface area contributed by atoms with E-state index in [1.807, 2.05) is 6.33 Å². The van der Waals surface area contributed by atoms with E-state index in [0.29, 0.717) is 18.0 Å². The Kier molecular flexibility index (Phi) is 1.83. The highest BCUT2D eigenvalue weighted by Gasteiger charge is 2.32. The summed E-state index contributed by atoms with van der Waals surface area (Å²) in [4.78, 5) is 0. The summed E-state index contributed by atoms with van der Waals surface area (Å²) in [6, 6.07) is 1.07. The fourth-order valence-electron chi connectivity index (χ4n) is 2.43. The van der Waals surface area contributed by atoms with Crippen LogP contribution in [0.15, 0.2) is 6.33 Å². The number of aromatic nitrogens is 3. The second kappa shape index (κ2) is 3.05. The van der Waals surface area contributed by atoms with E-state index in [4.69, 9.17) is 5.73 Å². The van der Waals surface area contributed by atoms with Gasteiger partial charge in [0.15, 0.2) is 0 Å². The van der Waals surface area contributed by atoms with Gasteiger partial charge in [0.1, 0.15) is 12.2 Å². The van der Waals surface area contributed by atoms with Gasteiger partial charge < -0.3 is 10.3 Å². The molecule has 4 nitrogen and oxygen atoms in total. The Morgan fingerprint density at radius 1 is 1.29 bits per heavy atom. The molecule has 2 unspecified atom stereocenters. The zero-order valence-corrected chi connectivity index (χ0v) is 8.26. The standard InChI is InChI=1S/C10H16N4/c11-8-2-1-7(5-8)10-13-12-6-14(10)9-3-4-9/h6-9H,1-5,11H2. The van der Waals surface area contributed by atoms with E-state index in [1.54, 1.807) is 0 Å². The van der Waals surface area contributed by atoms with Gasteiger partial charge in [0, 0.05) is 18.0 Å². The second-order valence-electron chi connectivity index (χ2n) is 4.60. The van der Waals surface area contributed by atoms with Crippen molar-refractivity contribution in [2.45, 2.75) is 50.1 Å². The first-order valence-corrected chi connectivity index (χ1v) is 5.49. The predicted octanol–water partition coefficient (Wildman–Crippen LogP) is 1.21. The molecule has 0 aliphatic heterocycles. The molecule has 0 spiro atoms. The molecule has 0 amide bonds. The second-order valence-corrected chi connectivity index (χ2v) is 4.60. The van der Waals surface area contributed by atoms with E-state index < -0.39 is 0 Å². The molecular weight excluding hydrogens is 176 g/mol. The van der Waals surface area contributed by atoms with Crippen LogP contribution in [0.3, 0.4) is 0 Å². The molecule has 2 atom stereocenters. The van der Waals surface area contributed by atoms with E-state index in [2.05, 4.69) is 14.8 Å². The maximum Gasteiger partial charge on any atom is 0.136 e. The summed E-state index contributed by atoms with van der Waals surface area (Å²) in [6.07, 6.45) is 7.89. The van der Waals surface area contributed by atoms with Crippen molar-refractivity contribution in [3.63, 3.8) is 0 Å². The van der Waals surface area contributed by atoms with Gasteiger partial charge >= 0.3 is 0 Å². The SMILES string of the molecule is NC1CCC(c2nncn2C2CC2)C1. The minimum atomic E-state index is 0.379. The maximum absolute atomic E-state index is 5.92. The molecular formula is C10H16N4. The molecule has 0 aromatic carbocycles. The van der Waals surface area contributed by atoms with Gasteiger partial charge in [0.05, 0.1) is 0 Å². The summed E-state index contributed by atoms with van der Waals surface area (Å²) in [5.41, 5.74) is 5.92. The smallest absolute Gasteiger partial charge is 0.136 e. The Bertz CT molecular complexity index is 329. The van der Waals surface area contributed by atoms with Crippen LogP contribution in [0.2, 0.25) is 0 Å². The van der Waals surface area contributed by atoms with Gasteiger partial charge in [-0.25, -0.2) is 0 Å². The van der Waals surface area contributed by atoms with Crippen LogP contribution in [0, 0.1) is 0 Å². The summed E-state index contributed by atoms with van der Waals surface area (Å²) >= 11 is 0. The molecule has 3 rings (SSSR count). The Morgan fingerprint density at radius 2 is 2.14 bits per heavy atom. The first-order valence-electron chi connectivity index (χ1n) is 5.49. The van der Waals surface area contributed by atoms with Gasteiger partial charge in [-0.05, 0) is 32.1 Å². The van der Waals surface area contributed by atoms with Crippen LogP contribution in [0.25, 0.3) is 0 Å². The summed E-state index contributed by atoms with van der Waals surface area (Å²) in [5.74, 6) is 1.74. The largest absolute Gasteiger partial charge is 0.328 e. The molecule has 0 radical (unpaired) electrons. The van der Waals surface area contributed by atoms with Gasteiger partial charge in [0.2, 0.25) is 0 Å². The third-order valence-electron chi connectivity index (χ3n) is 3.38. The van der Waals surface area contributed by atoms with Crippen molar-refractivity contribution in [1.82, 2.24) is 14.8 Å². The van der Waals surface area contributed by atoms with Crippen molar-refractivity contribution in [2.75, 3.05) is 0 Å². The highest BCUT2D eigenvalue weighted by Crippen LogP contribution is 2.39. The normalized spacial score (nSPS) is 32.4. The van der Waals surface area contributed by atoms with Gasteiger partial charge in [-0.2, -0.15) is 0 Å². The highest BCUT2D eigenvalue weighted by atomic mass is 15.3. The van der Waals surface area contributed by atoms with Crippen molar-refractivity contribution >= 4 is 0 Å². The van der Waals surface area contributed by atoms with Crippen LogP contribution >= 0.6 is 0 Å². The number of hydrogen-bond donors (Lipinski definition) is 1. The number of rotatable bonds is 2. The average Bonchev–Trinajstić information content (AvgIpc) is 2.75. The first kappa shape index (κ1) is 8.41. The molecule has 1 heterocycles. The van der Waals surface area contributed by atoms with Crippen LogP contribution in [-0.4, -0.2) is 20.8 Å². The summed E-state index contributed by atoms with van der Waals surface area (Å²) in [7, 11) is 0. The Hall–Kier alpha value is -0.900. The fourth-order valence-corrected chi connectivity index (χ4v) is 2.43. The number of nitrogens with zero attached hydrogens (tertiary/aromatic N) is 3. The Labute approximate surface area is 83.5 Å². The highest BCUT2D eigenvalue weighted by molar-refractivity contribution is 5.05. The monoisotopic (exact) mass is 192 g/mol. The van der Waals surface area contributed by atoms with Gasteiger partial charge in [-0.15, -0.1) is 10.2 Å².